The summed E-state index contributed by atoms with van der Waals surface area (Å²) in [5, 5.41) is 8.87. The van der Waals surface area contributed by atoms with E-state index >= 15 is 0 Å². The Morgan fingerprint density at radius 3 is 2.40 bits per heavy atom. The van der Waals surface area contributed by atoms with Crippen LogP contribution in [0.25, 0.3) is 0 Å². The normalized spacial score (nSPS) is 20.1. The molecule has 1 aromatic heterocycles. The van der Waals surface area contributed by atoms with E-state index in [1.54, 1.807) is 54.4 Å². The van der Waals surface area contributed by atoms with Crippen LogP contribution in [-0.2, 0) is 43.0 Å². The van der Waals surface area contributed by atoms with Gasteiger partial charge in [0.15, 0.2) is 6.35 Å². The van der Waals surface area contributed by atoms with E-state index in [4.69, 9.17) is 14.5 Å². The maximum Gasteiger partial charge on any atom is 0.362 e. The summed E-state index contributed by atoms with van der Waals surface area (Å²) in [6.45, 7) is 0.389. The molecule has 5 rings (SSSR count). The summed E-state index contributed by atoms with van der Waals surface area (Å²) in [6.07, 6.45) is 7.43. The molecular formula is C37H50N7O8P. The molecule has 1 unspecified atom stereocenters. The molecular weight excluding hydrogens is 701 g/mol. The van der Waals surface area contributed by atoms with Crippen LogP contribution in [0.2, 0.25) is 0 Å². The molecule has 286 valence electrons. The minimum absolute atomic E-state index is 0.154. The number of carbonyl (C=O) groups excluding carboxylic acids is 4. The van der Waals surface area contributed by atoms with E-state index in [0.717, 1.165) is 30.4 Å². The molecule has 2 aromatic carbocycles. The molecule has 2 fully saturated rings. The van der Waals surface area contributed by atoms with E-state index in [2.05, 4.69) is 25.9 Å². The van der Waals surface area contributed by atoms with Crippen molar-refractivity contribution in [3.05, 3.63) is 83.9 Å². The first-order valence-corrected chi connectivity index (χ1v) is 19.8. The third-order valence-corrected chi connectivity index (χ3v) is 10.3. The molecule has 3 heterocycles. The lowest BCUT2D eigenvalue weighted by molar-refractivity contribution is -0.145. The molecule has 0 radical (unpaired) electrons. The predicted molar refractivity (Wildman–Crippen MR) is 197 cm³/mol. The largest absolute Gasteiger partial charge is 0.481 e. The SMILES string of the molecule is CN(C)[C@@H](Cc1ccc(OCP(=O)(O)O)cc1)C(=O)NC1CCCC[C@H]2CC[C@@H](C(=O)N[C@@H](Cc3c[nH]cn3)C(=O)NCCc3ccccc3)N2C1=O. The molecule has 0 aliphatic carbocycles. The smallest absolute Gasteiger partial charge is 0.362 e. The summed E-state index contributed by atoms with van der Waals surface area (Å²) in [4.78, 5) is 84.1. The number of hydrogen-bond acceptors (Lipinski definition) is 8. The summed E-state index contributed by atoms with van der Waals surface area (Å²) in [6, 6.07) is 13.1. The lowest BCUT2D eigenvalue weighted by Gasteiger charge is -2.36. The lowest BCUT2D eigenvalue weighted by atomic mass is 9.98. The maximum absolute atomic E-state index is 14.3. The second-order valence-corrected chi connectivity index (χ2v) is 15.5. The van der Waals surface area contributed by atoms with Gasteiger partial charge in [0.25, 0.3) is 0 Å². The number of carbonyl (C=O) groups is 4. The van der Waals surface area contributed by atoms with Gasteiger partial charge in [-0.1, -0.05) is 55.3 Å². The average Bonchev–Trinajstić information content (AvgIpc) is 3.80. The van der Waals surface area contributed by atoms with E-state index in [9.17, 15) is 23.7 Å². The fraction of sp³-hybridized carbons (Fsp3) is 0.486. The summed E-state index contributed by atoms with van der Waals surface area (Å²) in [7, 11) is -0.779. The number of fused-ring (bicyclic) bond motifs is 1. The van der Waals surface area contributed by atoms with E-state index in [0.29, 0.717) is 44.3 Å². The first-order valence-electron chi connectivity index (χ1n) is 18.0. The zero-order valence-electron chi connectivity index (χ0n) is 30.1. The molecule has 16 heteroatoms. The standard InChI is InChI=1S/C37H50N7O8P/c1-43(2)33(20-26-12-15-29(16-13-26)52-24-53(49,50)51)36(47)41-30-11-7-6-10-28-14-17-32(44(28)37(30)48)35(46)42-31(21-27-22-38-23-40-27)34(45)39-19-18-25-8-4-3-5-9-25/h3-5,8-9,12-13,15-16,22-23,28,30-33H,6-7,10-11,14,17-21,24H2,1-2H3,(H,38,40)(H,39,45)(H,41,47)(H,42,46)(H2,49,50,51)/t28-,30?,31-,32-,33-/m0/s1. The second kappa shape index (κ2) is 18.5. The van der Waals surface area contributed by atoms with Crippen molar-refractivity contribution < 1.29 is 38.3 Å². The van der Waals surface area contributed by atoms with E-state index < -0.39 is 44.0 Å². The number of benzene rings is 2. The van der Waals surface area contributed by atoms with Crippen LogP contribution in [0.1, 0.15) is 55.3 Å². The van der Waals surface area contributed by atoms with Crippen LogP contribution in [0.3, 0.4) is 0 Å². The summed E-state index contributed by atoms with van der Waals surface area (Å²) in [5.74, 6) is -1.10. The van der Waals surface area contributed by atoms with Gasteiger partial charge in [-0.25, -0.2) is 4.98 Å². The number of ether oxygens (including phenoxy) is 1. The monoisotopic (exact) mass is 751 g/mol. The Morgan fingerprint density at radius 2 is 1.72 bits per heavy atom. The van der Waals surface area contributed by atoms with Gasteiger partial charge in [-0.05, 0) is 75.9 Å². The maximum atomic E-state index is 14.3. The number of H-pyrrole nitrogens is 1. The Hall–Kier alpha value is -4.56. The summed E-state index contributed by atoms with van der Waals surface area (Å²) < 4.78 is 16.3. The van der Waals surface area contributed by atoms with Crippen LogP contribution < -0.4 is 20.7 Å². The quantitative estimate of drug-likeness (QED) is 0.117. The van der Waals surface area contributed by atoms with Gasteiger partial charge in [0, 0.05) is 25.2 Å². The highest BCUT2D eigenvalue weighted by Crippen LogP contribution is 2.35. The van der Waals surface area contributed by atoms with E-state index in [1.165, 1.54) is 6.33 Å². The van der Waals surface area contributed by atoms with Crippen molar-refractivity contribution in [3.63, 3.8) is 0 Å². The Kier molecular flexibility index (Phi) is 13.8. The van der Waals surface area contributed by atoms with Crippen molar-refractivity contribution in [3.8, 4) is 5.75 Å². The van der Waals surface area contributed by atoms with Crippen molar-refractivity contribution in [1.82, 2.24) is 35.7 Å². The zero-order valence-corrected chi connectivity index (χ0v) is 31.0. The van der Waals surface area contributed by atoms with Crippen LogP contribution in [0.15, 0.2) is 67.1 Å². The van der Waals surface area contributed by atoms with Gasteiger partial charge < -0.3 is 40.4 Å². The van der Waals surface area contributed by atoms with Crippen LogP contribution in [0.4, 0.5) is 0 Å². The average molecular weight is 752 g/mol. The highest BCUT2D eigenvalue weighted by molar-refractivity contribution is 7.51. The molecule has 2 aliphatic heterocycles. The molecule has 0 bridgehead atoms. The van der Waals surface area contributed by atoms with Crippen LogP contribution >= 0.6 is 7.60 Å². The zero-order chi connectivity index (χ0) is 38.0. The molecule has 0 saturated carbocycles. The minimum Gasteiger partial charge on any atom is -0.481 e. The van der Waals surface area contributed by atoms with Gasteiger partial charge in [-0.15, -0.1) is 0 Å². The fourth-order valence-corrected chi connectivity index (χ4v) is 7.31. The van der Waals surface area contributed by atoms with Crippen molar-refractivity contribution in [2.45, 2.75) is 88.0 Å². The van der Waals surface area contributed by atoms with Gasteiger partial charge >= 0.3 is 7.60 Å². The molecule has 15 nitrogen and oxygen atoms in total. The predicted octanol–water partition coefficient (Wildman–Crippen LogP) is 1.90. The van der Waals surface area contributed by atoms with Crippen molar-refractivity contribution in [2.75, 3.05) is 27.0 Å². The number of aromatic amines is 1. The molecule has 0 spiro atoms. The van der Waals surface area contributed by atoms with Crippen LogP contribution in [-0.4, -0.2) is 110 Å². The van der Waals surface area contributed by atoms with Gasteiger partial charge in [-0.3, -0.25) is 28.6 Å². The summed E-state index contributed by atoms with van der Waals surface area (Å²) in [5.41, 5.74) is 2.48. The van der Waals surface area contributed by atoms with Crippen molar-refractivity contribution >= 4 is 31.2 Å². The molecule has 2 aliphatic rings. The van der Waals surface area contributed by atoms with Crippen LogP contribution in [0, 0.1) is 0 Å². The first kappa shape index (κ1) is 39.6. The molecule has 2 saturated heterocycles. The second-order valence-electron chi connectivity index (χ2n) is 14.0. The number of amides is 4. The summed E-state index contributed by atoms with van der Waals surface area (Å²) >= 11 is 0. The fourth-order valence-electron chi connectivity index (χ4n) is 6.99. The number of nitrogens with zero attached hydrogens (tertiary/aromatic N) is 3. The highest BCUT2D eigenvalue weighted by atomic mass is 31.2. The Labute approximate surface area is 309 Å². The number of rotatable bonds is 16. The van der Waals surface area contributed by atoms with Crippen molar-refractivity contribution in [1.29, 1.82) is 0 Å². The van der Waals surface area contributed by atoms with Gasteiger partial charge in [-0.2, -0.15) is 0 Å². The van der Waals surface area contributed by atoms with E-state index in [1.807, 2.05) is 30.3 Å². The van der Waals surface area contributed by atoms with Crippen molar-refractivity contribution in [2.24, 2.45) is 0 Å². The Balaban J connectivity index is 1.24. The Bertz CT molecular complexity index is 1720. The van der Waals surface area contributed by atoms with Gasteiger partial charge in [0.05, 0.1) is 18.1 Å². The minimum atomic E-state index is -4.33. The molecule has 4 amide bonds. The number of hydrogen-bond donors (Lipinski definition) is 6. The molecule has 53 heavy (non-hydrogen) atoms. The van der Waals surface area contributed by atoms with E-state index in [-0.39, 0.29) is 35.9 Å². The van der Waals surface area contributed by atoms with Crippen LogP contribution in [0.5, 0.6) is 5.75 Å². The van der Waals surface area contributed by atoms with Gasteiger partial charge in [0.2, 0.25) is 23.6 Å². The number of imidazole rings is 1. The number of aromatic nitrogens is 2. The lowest BCUT2D eigenvalue weighted by Crippen LogP contribution is -2.59. The first-order chi connectivity index (χ1) is 25.4. The molecule has 6 N–H and O–H groups in total. The number of nitrogens with one attached hydrogen (secondary N) is 4. The van der Waals surface area contributed by atoms with Gasteiger partial charge in [0.1, 0.15) is 23.9 Å². The third-order valence-electron chi connectivity index (χ3n) is 9.79. The molecule has 3 aromatic rings. The number of likely N-dealkylation sites (N-methyl/N-ethyl adjacent to an activating group) is 1. The highest BCUT2D eigenvalue weighted by Gasteiger charge is 2.45. The Morgan fingerprint density at radius 1 is 0.981 bits per heavy atom. The third kappa shape index (κ3) is 11.5. The topological polar surface area (TPSA) is 206 Å². The molecule has 5 atom stereocenters.